The molecule has 2 rings (SSSR count). The van der Waals surface area contributed by atoms with Crippen LogP contribution in [0.4, 0.5) is 19.1 Å². The van der Waals surface area contributed by atoms with E-state index in [1.165, 1.54) is 36.5 Å². The maximum atomic E-state index is 12.0. The summed E-state index contributed by atoms with van der Waals surface area (Å²) >= 11 is 0. The normalized spacial score (nSPS) is 11.6. The van der Waals surface area contributed by atoms with Crippen molar-refractivity contribution in [2.75, 3.05) is 5.43 Å². The Morgan fingerprint density at radius 3 is 2.59 bits per heavy atom. The van der Waals surface area contributed by atoms with Crippen molar-refractivity contribution in [3.05, 3.63) is 51.9 Å². The Morgan fingerprint density at radius 1 is 1.32 bits per heavy atom. The zero-order chi connectivity index (χ0) is 16.2. The quantitative estimate of drug-likeness (QED) is 0.671. The highest BCUT2D eigenvalue weighted by molar-refractivity contribution is 5.80. The van der Waals surface area contributed by atoms with E-state index in [2.05, 4.69) is 25.2 Å². The van der Waals surface area contributed by atoms with E-state index in [4.69, 9.17) is 0 Å². The van der Waals surface area contributed by atoms with Gasteiger partial charge in [0, 0.05) is 11.8 Å². The highest BCUT2D eigenvalue weighted by Crippen LogP contribution is 2.22. The smallest absolute Gasteiger partial charge is 0.406 e. The number of ether oxygens (including phenoxy) is 1. The number of rotatable bonds is 4. The number of benzene rings is 1. The fraction of sp³-hybridized carbons (Fsp3) is 0.154. The predicted octanol–water partition coefficient (Wildman–Crippen LogP) is 2.42. The minimum atomic E-state index is -4.72. The molecule has 0 atom stereocenters. The van der Waals surface area contributed by atoms with Crippen LogP contribution in [-0.4, -0.2) is 22.5 Å². The van der Waals surface area contributed by atoms with Gasteiger partial charge >= 0.3 is 6.36 Å². The maximum Gasteiger partial charge on any atom is 0.573 e. The van der Waals surface area contributed by atoms with E-state index in [1.54, 1.807) is 6.92 Å². The third kappa shape index (κ3) is 4.93. The number of alkyl halides is 3. The lowest BCUT2D eigenvalue weighted by atomic mass is 10.2. The van der Waals surface area contributed by atoms with Crippen LogP contribution < -0.4 is 15.7 Å². The first kappa shape index (κ1) is 15.5. The van der Waals surface area contributed by atoms with E-state index < -0.39 is 6.36 Å². The molecular weight excluding hydrogens is 301 g/mol. The van der Waals surface area contributed by atoms with Gasteiger partial charge in [0.1, 0.15) is 5.75 Å². The Hall–Kier alpha value is -2.84. The average molecular weight is 312 g/mol. The van der Waals surface area contributed by atoms with E-state index in [0.29, 0.717) is 11.3 Å². The topological polar surface area (TPSA) is 79.4 Å². The molecule has 1 aromatic heterocycles. The van der Waals surface area contributed by atoms with Gasteiger partial charge in [-0.1, -0.05) is 0 Å². The summed E-state index contributed by atoms with van der Waals surface area (Å²) in [5.41, 5.74) is 3.26. The number of aromatic amines is 1. The summed E-state index contributed by atoms with van der Waals surface area (Å²) in [4.78, 5) is 17.6. The zero-order valence-corrected chi connectivity index (χ0v) is 11.3. The van der Waals surface area contributed by atoms with Crippen LogP contribution >= 0.6 is 0 Å². The Labute approximate surface area is 122 Å². The number of nitrogens with one attached hydrogen (secondary N) is 2. The third-order valence-corrected chi connectivity index (χ3v) is 2.37. The van der Waals surface area contributed by atoms with Crippen LogP contribution in [0.3, 0.4) is 0 Å². The van der Waals surface area contributed by atoms with Gasteiger partial charge in [0.15, 0.2) is 0 Å². The number of anilines is 1. The fourth-order valence-corrected chi connectivity index (χ4v) is 1.56. The van der Waals surface area contributed by atoms with Crippen molar-refractivity contribution in [1.29, 1.82) is 0 Å². The number of hydrogen-bond acceptors (Lipinski definition) is 5. The Balaban J connectivity index is 2.00. The second kappa shape index (κ2) is 6.29. The number of H-pyrrole nitrogens is 1. The van der Waals surface area contributed by atoms with E-state index in [1.807, 2.05) is 0 Å². The van der Waals surface area contributed by atoms with Crippen molar-refractivity contribution in [1.82, 2.24) is 9.97 Å². The van der Waals surface area contributed by atoms with Crippen LogP contribution in [0.5, 0.6) is 5.75 Å². The summed E-state index contributed by atoms with van der Waals surface area (Å²) in [6.07, 6.45) is -3.36. The van der Waals surface area contributed by atoms with Crippen LogP contribution in [-0.2, 0) is 0 Å². The average Bonchev–Trinajstić information content (AvgIpc) is 2.38. The van der Waals surface area contributed by atoms with Gasteiger partial charge in [-0.15, -0.1) is 13.2 Å². The summed E-state index contributed by atoms with van der Waals surface area (Å²) < 4.78 is 39.8. The molecule has 9 heteroatoms. The minimum absolute atomic E-state index is 0.165. The lowest BCUT2D eigenvalue weighted by Gasteiger charge is -2.08. The molecule has 2 aromatic rings. The Kier molecular flexibility index (Phi) is 4.44. The van der Waals surface area contributed by atoms with Crippen molar-refractivity contribution in [2.24, 2.45) is 5.10 Å². The van der Waals surface area contributed by atoms with E-state index >= 15 is 0 Å². The molecule has 0 saturated carbocycles. The fourth-order valence-electron chi connectivity index (χ4n) is 1.56. The molecule has 2 N–H and O–H groups in total. The van der Waals surface area contributed by atoms with Crippen molar-refractivity contribution >= 4 is 12.2 Å². The van der Waals surface area contributed by atoms with Gasteiger partial charge < -0.3 is 4.74 Å². The predicted molar refractivity (Wildman–Crippen MR) is 73.9 cm³/mol. The van der Waals surface area contributed by atoms with Crippen LogP contribution in [0.25, 0.3) is 0 Å². The molecule has 0 radical (unpaired) electrons. The highest BCUT2D eigenvalue weighted by atomic mass is 19.4. The Bertz CT molecular complexity index is 723. The molecule has 1 aromatic carbocycles. The molecule has 0 aliphatic rings. The summed E-state index contributed by atoms with van der Waals surface area (Å²) in [6.45, 7) is 1.66. The van der Waals surface area contributed by atoms with Crippen LogP contribution in [0.15, 0.2) is 40.2 Å². The number of nitrogens with zero attached hydrogens (tertiary/aromatic N) is 2. The standard InChI is InChI=1S/C13H11F3N4O2/c1-8-6-11(21)19-12(18-8)20-17-7-9-2-4-10(5-3-9)22-13(14,15)16/h2-7H,1H3,(H2,18,19,20,21)/b17-7+. The molecule has 0 aliphatic carbocycles. The molecule has 0 amide bonds. The van der Waals surface area contributed by atoms with Crippen molar-refractivity contribution < 1.29 is 17.9 Å². The van der Waals surface area contributed by atoms with Gasteiger partial charge in [-0.2, -0.15) is 5.10 Å². The molecule has 0 bridgehead atoms. The van der Waals surface area contributed by atoms with Crippen molar-refractivity contribution in [3.63, 3.8) is 0 Å². The van der Waals surface area contributed by atoms with Crippen molar-refractivity contribution in [2.45, 2.75) is 13.3 Å². The molecule has 22 heavy (non-hydrogen) atoms. The van der Waals surface area contributed by atoms with Crippen molar-refractivity contribution in [3.8, 4) is 5.75 Å². The highest BCUT2D eigenvalue weighted by Gasteiger charge is 2.30. The maximum absolute atomic E-state index is 12.0. The van der Waals surface area contributed by atoms with Gasteiger partial charge in [0.25, 0.3) is 5.56 Å². The van der Waals surface area contributed by atoms with Gasteiger partial charge in [0.05, 0.1) is 6.21 Å². The molecule has 0 unspecified atom stereocenters. The van der Waals surface area contributed by atoms with Gasteiger partial charge in [-0.25, -0.2) is 10.4 Å². The molecule has 116 valence electrons. The third-order valence-electron chi connectivity index (χ3n) is 2.37. The second-order valence-electron chi connectivity index (χ2n) is 4.22. The monoisotopic (exact) mass is 312 g/mol. The number of hydrazone groups is 1. The summed E-state index contributed by atoms with van der Waals surface area (Å²) in [7, 11) is 0. The second-order valence-corrected chi connectivity index (χ2v) is 4.22. The molecular formula is C13H11F3N4O2. The first-order valence-corrected chi connectivity index (χ1v) is 6.05. The van der Waals surface area contributed by atoms with Gasteiger partial charge in [-0.05, 0) is 36.8 Å². The van der Waals surface area contributed by atoms with E-state index in [0.717, 1.165) is 0 Å². The van der Waals surface area contributed by atoms with Gasteiger partial charge in [0.2, 0.25) is 5.95 Å². The van der Waals surface area contributed by atoms with Gasteiger partial charge in [-0.3, -0.25) is 9.78 Å². The summed E-state index contributed by atoms with van der Waals surface area (Å²) in [5.74, 6) is -0.152. The van der Waals surface area contributed by atoms with E-state index in [-0.39, 0.29) is 17.3 Å². The largest absolute Gasteiger partial charge is 0.573 e. The molecule has 0 aliphatic heterocycles. The molecule has 0 saturated heterocycles. The molecule has 6 nitrogen and oxygen atoms in total. The first-order chi connectivity index (χ1) is 10.3. The van der Waals surface area contributed by atoms with Crippen LogP contribution in [0, 0.1) is 6.92 Å². The molecule has 1 heterocycles. The summed E-state index contributed by atoms with van der Waals surface area (Å²) in [6, 6.07) is 6.47. The lowest BCUT2D eigenvalue weighted by Crippen LogP contribution is -2.17. The molecule has 0 fully saturated rings. The zero-order valence-electron chi connectivity index (χ0n) is 11.3. The number of aryl methyl sites for hydroxylation is 1. The molecule has 0 spiro atoms. The van der Waals surface area contributed by atoms with Crippen LogP contribution in [0.1, 0.15) is 11.3 Å². The SMILES string of the molecule is Cc1cc(=O)[nH]c(N/N=C/c2ccc(OC(F)(F)F)cc2)n1. The number of halogens is 3. The van der Waals surface area contributed by atoms with Crippen LogP contribution in [0.2, 0.25) is 0 Å². The minimum Gasteiger partial charge on any atom is -0.406 e. The number of hydrogen-bond donors (Lipinski definition) is 2. The summed E-state index contributed by atoms with van der Waals surface area (Å²) in [5, 5.41) is 3.83. The Morgan fingerprint density at radius 2 is 2.00 bits per heavy atom. The van der Waals surface area contributed by atoms with E-state index in [9.17, 15) is 18.0 Å². The first-order valence-electron chi connectivity index (χ1n) is 6.05. The number of aromatic nitrogens is 2. The lowest BCUT2D eigenvalue weighted by molar-refractivity contribution is -0.274.